The maximum absolute atomic E-state index is 12.2. The minimum absolute atomic E-state index is 0.00704. The molecule has 8 heteroatoms. The number of fused-ring (bicyclic) bond motifs is 1. The average Bonchev–Trinajstić information content (AvgIpc) is 3.23. The standard InChI is InChI=1S/C14H17N5O2S/c20-12(17-9-3-4-9)8-2-1-5-19(6-8)14-18-11-10(22-14)13(21)16-7-15-11/h7-9H,1-6H2,(H,17,20)(H,15,16,21)/t8-/m0/s1. The molecule has 0 aromatic carbocycles. The van der Waals surface area contributed by atoms with Crippen molar-refractivity contribution in [2.24, 2.45) is 5.92 Å². The number of hydrogen-bond donors (Lipinski definition) is 2. The molecule has 2 aromatic rings. The van der Waals surface area contributed by atoms with Crippen LogP contribution in [0.1, 0.15) is 25.7 Å². The molecule has 4 rings (SSSR count). The Labute approximate surface area is 130 Å². The largest absolute Gasteiger partial charge is 0.353 e. The lowest BCUT2D eigenvalue weighted by Crippen LogP contribution is -2.43. The molecule has 116 valence electrons. The highest BCUT2D eigenvalue weighted by Gasteiger charge is 2.31. The molecule has 1 amide bonds. The van der Waals surface area contributed by atoms with Crippen LogP contribution in [0.5, 0.6) is 0 Å². The summed E-state index contributed by atoms with van der Waals surface area (Å²) in [4.78, 5) is 37.2. The van der Waals surface area contributed by atoms with E-state index in [1.165, 1.54) is 17.7 Å². The molecule has 2 N–H and O–H groups in total. The van der Waals surface area contributed by atoms with Crippen molar-refractivity contribution in [2.75, 3.05) is 18.0 Å². The summed E-state index contributed by atoms with van der Waals surface area (Å²) in [5.41, 5.74) is 0.321. The van der Waals surface area contributed by atoms with Crippen LogP contribution < -0.4 is 15.8 Å². The molecule has 0 unspecified atom stereocenters. The fourth-order valence-corrected chi connectivity index (χ4v) is 3.75. The minimum atomic E-state index is -0.159. The van der Waals surface area contributed by atoms with E-state index in [2.05, 4.69) is 25.2 Å². The fourth-order valence-electron chi connectivity index (χ4n) is 2.80. The zero-order valence-electron chi connectivity index (χ0n) is 12.0. The van der Waals surface area contributed by atoms with Crippen molar-refractivity contribution >= 4 is 32.7 Å². The summed E-state index contributed by atoms with van der Waals surface area (Å²) in [6, 6.07) is 0.396. The van der Waals surface area contributed by atoms with Crippen LogP contribution in [0, 0.1) is 5.92 Å². The topological polar surface area (TPSA) is 91.0 Å². The quantitative estimate of drug-likeness (QED) is 0.876. The number of carbonyl (C=O) groups is 1. The SMILES string of the molecule is O=C(NC1CC1)[C@H]1CCCN(c2nc3nc[nH]c(=O)c3s2)C1. The Balaban J connectivity index is 1.54. The van der Waals surface area contributed by atoms with Gasteiger partial charge in [0.15, 0.2) is 10.8 Å². The summed E-state index contributed by atoms with van der Waals surface area (Å²) in [5.74, 6) is 0.164. The molecule has 2 fully saturated rings. The number of nitrogens with zero attached hydrogens (tertiary/aromatic N) is 3. The Hall–Kier alpha value is -1.96. The van der Waals surface area contributed by atoms with Crippen LogP contribution in [0.25, 0.3) is 10.3 Å². The van der Waals surface area contributed by atoms with Crippen molar-refractivity contribution in [2.45, 2.75) is 31.7 Å². The third kappa shape index (κ3) is 2.58. The predicted octanol–water partition coefficient (Wildman–Crippen LogP) is 0.875. The summed E-state index contributed by atoms with van der Waals surface area (Å²) >= 11 is 1.35. The Morgan fingerprint density at radius 3 is 3.05 bits per heavy atom. The van der Waals surface area contributed by atoms with Gasteiger partial charge in [0.05, 0.1) is 12.2 Å². The number of hydrogen-bond acceptors (Lipinski definition) is 6. The first-order valence-electron chi connectivity index (χ1n) is 7.60. The maximum atomic E-state index is 12.2. The van der Waals surface area contributed by atoms with E-state index >= 15 is 0 Å². The summed E-state index contributed by atoms with van der Waals surface area (Å²) in [5, 5.41) is 3.86. The third-order valence-corrected chi connectivity index (χ3v) is 5.28. The van der Waals surface area contributed by atoms with E-state index in [4.69, 9.17) is 0 Å². The van der Waals surface area contributed by atoms with Crippen molar-refractivity contribution in [1.29, 1.82) is 0 Å². The van der Waals surface area contributed by atoms with Gasteiger partial charge in [-0.2, -0.15) is 4.98 Å². The van der Waals surface area contributed by atoms with E-state index in [9.17, 15) is 9.59 Å². The van der Waals surface area contributed by atoms with Gasteiger partial charge in [0.1, 0.15) is 4.70 Å². The number of nitrogens with one attached hydrogen (secondary N) is 2. The summed E-state index contributed by atoms with van der Waals surface area (Å²) in [6.07, 6.45) is 5.46. The van der Waals surface area contributed by atoms with Gasteiger partial charge in [0.2, 0.25) is 5.91 Å². The first kappa shape index (κ1) is 13.7. The van der Waals surface area contributed by atoms with Crippen molar-refractivity contribution in [3.63, 3.8) is 0 Å². The third-order valence-electron chi connectivity index (χ3n) is 4.17. The number of thiazole rings is 1. The molecule has 0 radical (unpaired) electrons. The fraction of sp³-hybridized carbons (Fsp3) is 0.571. The Morgan fingerprint density at radius 1 is 1.41 bits per heavy atom. The van der Waals surface area contributed by atoms with Gasteiger partial charge in [-0.3, -0.25) is 9.59 Å². The number of carbonyl (C=O) groups excluding carboxylic acids is 1. The number of anilines is 1. The molecular weight excluding hydrogens is 302 g/mol. The van der Waals surface area contributed by atoms with Crippen LogP contribution in [0.3, 0.4) is 0 Å². The van der Waals surface area contributed by atoms with Crippen LogP contribution in [0.4, 0.5) is 5.13 Å². The molecule has 3 heterocycles. The van der Waals surface area contributed by atoms with E-state index in [0.29, 0.717) is 22.9 Å². The predicted molar refractivity (Wildman–Crippen MR) is 84.1 cm³/mol. The number of aromatic nitrogens is 3. The second kappa shape index (κ2) is 5.35. The number of amides is 1. The lowest BCUT2D eigenvalue weighted by atomic mass is 9.97. The molecule has 22 heavy (non-hydrogen) atoms. The number of rotatable bonds is 3. The Bertz CT molecular complexity index is 766. The van der Waals surface area contributed by atoms with Crippen LogP contribution in [-0.2, 0) is 4.79 Å². The number of aromatic amines is 1. The highest BCUT2D eigenvalue weighted by Crippen LogP contribution is 2.29. The van der Waals surface area contributed by atoms with Crippen LogP contribution in [-0.4, -0.2) is 40.0 Å². The van der Waals surface area contributed by atoms with Crippen LogP contribution in [0.15, 0.2) is 11.1 Å². The highest BCUT2D eigenvalue weighted by atomic mass is 32.1. The van der Waals surface area contributed by atoms with Gasteiger partial charge < -0.3 is 15.2 Å². The van der Waals surface area contributed by atoms with Gasteiger partial charge >= 0.3 is 0 Å². The van der Waals surface area contributed by atoms with Gasteiger partial charge in [-0.15, -0.1) is 0 Å². The number of H-pyrrole nitrogens is 1. The van der Waals surface area contributed by atoms with Crippen LogP contribution >= 0.6 is 11.3 Å². The smallest absolute Gasteiger partial charge is 0.270 e. The van der Waals surface area contributed by atoms with Crippen molar-refractivity contribution < 1.29 is 4.79 Å². The van der Waals surface area contributed by atoms with Crippen molar-refractivity contribution in [1.82, 2.24) is 20.3 Å². The monoisotopic (exact) mass is 319 g/mol. The first-order chi connectivity index (χ1) is 10.7. The van der Waals surface area contributed by atoms with Crippen molar-refractivity contribution in [3.8, 4) is 0 Å². The molecule has 2 aliphatic rings. The van der Waals surface area contributed by atoms with Gasteiger partial charge in [-0.1, -0.05) is 11.3 Å². The Kier molecular flexibility index (Phi) is 3.33. The molecule has 1 aliphatic heterocycles. The average molecular weight is 319 g/mol. The van der Waals surface area contributed by atoms with Gasteiger partial charge in [0, 0.05) is 19.1 Å². The molecule has 1 saturated heterocycles. The van der Waals surface area contributed by atoms with Gasteiger partial charge in [-0.05, 0) is 25.7 Å². The lowest BCUT2D eigenvalue weighted by Gasteiger charge is -2.31. The minimum Gasteiger partial charge on any atom is -0.353 e. The van der Waals surface area contributed by atoms with Gasteiger partial charge in [-0.25, -0.2) is 4.98 Å². The van der Waals surface area contributed by atoms with E-state index in [1.807, 2.05) is 0 Å². The summed E-state index contributed by atoms with van der Waals surface area (Å²) < 4.78 is 0.544. The normalized spacial score (nSPS) is 22.0. The second-order valence-corrected chi connectivity index (χ2v) is 6.93. The summed E-state index contributed by atoms with van der Waals surface area (Å²) in [7, 11) is 0. The molecule has 1 atom stereocenters. The molecular formula is C14H17N5O2S. The summed E-state index contributed by atoms with van der Waals surface area (Å²) in [6.45, 7) is 1.53. The molecule has 0 bridgehead atoms. The number of piperidine rings is 1. The van der Waals surface area contributed by atoms with Crippen LogP contribution in [0.2, 0.25) is 0 Å². The first-order valence-corrected chi connectivity index (χ1v) is 8.42. The lowest BCUT2D eigenvalue weighted by molar-refractivity contribution is -0.125. The van der Waals surface area contributed by atoms with Crippen molar-refractivity contribution in [3.05, 3.63) is 16.7 Å². The Morgan fingerprint density at radius 2 is 2.27 bits per heavy atom. The molecule has 1 saturated carbocycles. The molecule has 1 aliphatic carbocycles. The second-order valence-electron chi connectivity index (χ2n) is 5.95. The maximum Gasteiger partial charge on any atom is 0.270 e. The molecule has 2 aromatic heterocycles. The van der Waals surface area contributed by atoms with E-state index < -0.39 is 0 Å². The molecule has 7 nitrogen and oxygen atoms in total. The van der Waals surface area contributed by atoms with Gasteiger partial charge in [0.25, 0.3) is 5.56 Å². The van der Waals surface area contributed by atoms with E-state index in [-0.39, 0.29) is 17.4 Å². The van der Waals surface area contributed by atoms with E-state index in [0.717, 1.165) is 37.4 Å². The van der Waals surface area contributed by atoms with E-state index in [1.54, 1.807) is 0 Å². The highest BCUT2D eigenvalue weighted by molar-refractivity contribution is 7.22. The molecule has 0 spiro atoms. The zero-order chi connectivity index (χ0) is 15.1. The zero-order valence-corrected chi connectivity index (χ0v) is 12.9.